The molecule has 0 aromatic heterocycles. The van der Waals surface area contributed by atoms with Gasteiger partial charge in [0.1, 0.15) is 5.75 Å². The van der Waals surface area contributed by atoms with Crippen LogP contribution in [0.25, 0.3) is 0 Å². The molecular formula is C16H27N3O2. The first-order valence-corrected chi connectivity index (χ1v) is 7.27. The molecule has 0 radical (unpaired) electrons. The van der Waals surface area contributed by atoms with Crippen molar-refractivity contribution in [2.24, 2.45) is 5.92 Å². The number of para-hydroxylation sites is 2. The number of nitrogens with zero attached hydrogens (tertiary/aromatic N) is 2. The van der Waals surface area contributed by atoms with Crippen LogP contribution in [-0.4, -0.2) is 56.7 Å². The van der Waals surface area contributed by atoms with Gasteiger partial charge in [-0.15, -0.1) is 0 Å². The predicted molar refractivity (Wildman–Crippen MR) is 87.0 cm³/mol. The van der Waals surface area contributed by atoms with E-state index in [2.05, 4.69) is 24.1 Å². The summed E-state index contributed by atoms with van der Waals surface area (Å²) in [5.41, 5.74) is 0.698. The molecule has 1 N–H and O–H groups in total. The van der Waals surface area contributed by atoms with Gasteiger partial charge in [0, 0.05) is 19.6 Å². The van der Waals surface area contributed by atoms with Crippen molar-refractivity contribution < 1.29 is 9.53 Å². The molecule has 0 heterocycles. The molecule has 0 aliphatic carbocycles. The highest BCUT2D eigenvalue weighted by Crippen LogP contribution is 2.23. The summed E-state index contributed by atoms with van der Waals surface area (Å²) in [6.07, 6.45) is 0. The lowest BCUT2D eigenvalue weighted by Crippen LogP contribution is -2.41. The quantitative estimate of drug-likeness (QED) is 0.841. The molecule has 21 heavy (non-hydrogen) atoms. The van der Waals surface area contributed by atoms with Gasteiger partial charge in [0.25, 0.3) is 0 Å². The molecule has 1 aromatic rings. The number of benzene rings is 1. The van der Waals surface area contributed by atoms with E-state index in [1.165, 1.54) is 0 Å². The second kappa shape index (κ2) is 8.52. The molecule has 5 nitrogen and oxygen atoms in total. The largest absolute Gasteiger partial charge is 0.495 e. The number of amides is 2. The topological polar surface area (TPSA) is 44.8 Å². The van der Waals surface area contributed by atoms with Crippen LogP contribution in [0, 0.1) is 5.92 Å². The maximum Gasteiger partial charge on any atom is 0.322 e. The lowest BCUT2D eigenvalue weighted by molar-refractivity contribution is 0.197. The second-order valence-corrected chi connectivity index (χ2v) is 5.77. The Balaban J connectivity index is 2.75. The Bertz CT molecular complexity index is 447. The van der Waals surface area contributed by atoms with Gasteiger partial charge < -0.3 is 19.9 Å². The van der Waals surface area contributed by atoms with Gasteiger partial charge in [0.2, 0.25) is 0 Å². The third kappa shape index (κ3) is 6.04. The number of hydrogen-bond acceptors (Lipinski definition) is 3. The maximum atomic E-state index is 12.5. The van der Waals surface area contributed by atoms with Crippen molar-refractivity contribution in [3.63, 3.8) is 0 Å². The number of carbonyl (C=O) groups excluding carboxylic acids is 1. The van der Waals surface area contributed by atoms with Crippen LogP contribution in [-0.2, 0) is 0 Å². The smallest absolute Gasteiger partial charge is 0.322 e. The van der Waals surface area contributed by atoms with Crippen LogP contribution in [0.5, 0.6) is 5.75 Å². The third-order valence-electron chi connectivity index (χ3n) is 3.04. The van der Waals surface area contributed by atoms with Gasteiger partial charge in [-0.3, -0.25) is 0 Å². The number of nitrogens with one attached hydrogen (secondary N) is 1. The van der Waals surface area contributed by atoms with Crippen LogP contribution in [0.15, 0.2) is 24.3 Å². The van der Waals surface area contributed by atoms with Gasteiger partial charge >= 0.3 is 6.03 Å². The van der Waals surface area contributed by atoms with Gasteiger partial charge in [-0.25, -0.2) is 4.79 Å². The highest BCUT2D eigenvalue weighted by atomic mass is 16.5. The standard InChI is InChI=1S/C16H27N3O2/c1-13(2)12-19(11-10-18(3)4)16(20)17-14-8-6-7-9-15(14)21-5/h6-9,13H,10-12H2,1-5H3,(H,17,20). The van der Waals surface area contributed by atoms with Crippen molar-refractivity contribution >= 4 is 11.7 Å². The molecule has 2 amide bonds. The average molecular weight is 293 g/mol. The fourth-order valence-corrected chi connectivity index (χ4v) is 1.98. The van der Waals surface area contributed by atoms with Crippen LogP contribution < -0.4 is 10.1 Å². The summed E-state index contributed by atoms with van der Waals surface area (Å²) < 4.78 is 5.26. The maximum absolute atomic E-state index is 12.5. The molecule has 1 rings (SSSR count). The summed E-state index contributed by atoms with van der Waals surface area (Å²) in [7, 11) is 5.61. The van der Waals surface area contributed by atoms with Crippen molar-refractivity contribution in [1.82, 2.24) is 9.80 Å². The number of rotatable bonds is 7. The average Bonchev–Trinajstić information content (AvgIpc) is 2.43. The molecule has 0 spiro atoms. The summed E-state index contributed by atoms with van der Waals surface area (Å²) in [5.74, 6) is 1.10. The molecule has 0 aliphatic rings. The Labute approximate surface area is 127 Å². The molecule has 0 saturated heterocycles. The minimum atomic E-state index is -0.0879. The molecule has 0 unspecified atom stereocenters. The number of methoxy groups -OCH3 is 1. The van der Waals surface area contributed by atoms with Crippen molar-refractivity contribution in [1.29, 1.82) is 0 Å². The van der Waals surface area contributed by atoms with Crippen molar-refractivity contribution in [2.75, 3.05) is 46.2 Å². The fourth-order valence-electron chi connectivity index (χ4n) is 1.98. The monoisotopic (exact) mass is 293 g/mol. The number of carbonyl (C=O) groups is 1. The zero-order valence-corrected chi connectivity index (χ0v) is 13.7. The third-order valence-corrected chi connectivity index (χ3v) is 3.04. The van der Waals surface area contributed by atoms with Crippen LogP contribution in [0.3, 0.4) is 0 Å². The van der Waals surface area contributed by atoms with E-state index in [0.717, 1.165) is 13.1 Å². The Morgan fingerprint density at radius 3 is 2.48 bits per heavy atom. The second-order valence-electron chi connectivity index (χ2n) is 5.77. The zero-order valence-electron chi connectivity index (χ0n) is 13.7. The Morgan fingerprint density at radius 1 is 1.24 bits per heavy atom. The van der Waals surface area contributed by atoms with Crippen molar-refractivity contribution in [3.8, 4) is 5.75 Å². The molecule has 5 heteroatoms. The SMILES string of the molecule is COc1ccccc1NC(=O)N(CCN(C)C)CC(C)C. The van der Waals surface area contributed by atoms with Gasteiger partial charge in [-0.1, -0.05) is 26.0 Å². The summed E-state index contributed by atoms with van der Waals surface area (Å²) in [4.78, 5) is 16.4. The van der Waals surface area contributed by atoms with Crippen molar-refractivity contribution in [3.05, 3.63) is 24.3 Å². The predicted octanol–water partition coefficient (Wildman–Crippen LogP) is 2.75. The number of ether oxygens (including phenoxy) is 1. The summed E-state index contributed by atoms with van der Waals surface area (Å²) in [5, 5.41) is 2.93. The van der Waals surface area contributed by atoms with Gasteiger partial charge in [0.05, 0.1) is 12.8 Å². The summed E-state index contributed by atoms with van der Waals surface area (Å²) in [6, 6.07) is 7.35. The molecule has 0 fully saturated rings. The van der Waals surface area contributed by atoms with Gasteiger partial charge in [0.15, 0.2) is 0 Å². The van der Waals surface area contributed by atoms with Gasteiger partial charge in [-0.05, 0) is 32.1 Å². The van der Waals surface area contributed by atoms with Gasteiger partial charge in [-0.2, -0.15) is 0 Å². The minimum Gasteiger partial charge on any atom is -0.495 e. The molecule has 118 valence electrons. The Hall–Kier alpha value is -1.75. The molecule has 0 aliphatic heterocycles. The molecule has 1 aromatic carbocycles. The van der Waals surface area contributed by atoms with E-state index < -0.39 is 0 Å². The first-order chi connectivity index (χ1) is 9.93. The van der Waals surface area contributed by atoms with Crippen LogP contribution >= 0.6 is 0 Å². The molecule has 0 atom stereocenters. The van der Waals surface area contributed by atoms with E-state index in [4.69, 9.17) is 4.74 Å². The number of likely N-dealkylation sites (N-methyl/N-ethyl adjacent to an activating group) is 1. The van der Waals surface area contributed by atoms with E-state index in [1.807, 2.05) is 43.3 Å². The van der Waals surface area contributed by atoms with E-state index in [9.17, 15) is 4.79 Å². The fraction of sp³-hybridized carbons (Fsp3) is 0.562. The van der Waals surface area contributed by atoms with Crippen LogP contribution in [0.1, 0.15) is 13.8 Å². The molecule has 0 saturated carbocycles. The summed E-state index contributed by atoms with van der Waals surface area (Å²) in [6.45, 7) is 6.49. The van der Waals surface area contributed by atoms with Crippen LogP contribution in [0.2, 0.25) is 0 Å². The number of anilines is 1. The Kier molecular flexibility index (Phi) is 7.02. The number of urea groups is 1. The molecule has 0 bridgehead atoms. The highest BCUT2D eigenvalue weighted by Gasteiger charge is 2.16. The minimum absolute atomic E-state index is 0.0879. The van der Waals surface area contributed by atoms with Crippen LogP contribution in [0.4, 0.5) is 10.5 Å². The lowest BCUT2D eigenvalue weighted by atomic mass is 10.2. The normalized spacial score (nSPS) is 10.8. The van der Waals surface area contributed by atoms with E-state index in [-0.39, 0.29) is 6.03 Å². The summed E-state index contributed by atoms with van der Waals surface area (Å²) >= 11 is 0. The van der Waals surface area contributed by atoms with Crippen molar-refractivity contribution in [2.45, 2.75) is 13.8 Å². The molecular weight excluding hydrogens is 266 g/mol. The number of hydrogen-bond donors (Lipinski definition) is 1. The van der Waals surface area contributed by atoms with E-state index in [0.29, 0.717) is 23.9 Å². The first-order valence-electron chi connectivity index (χ1n) is 7.27. The lowest BCUT2D eigenvalue weighted by Gasteiger charge is -2.26. The highest BCUT2D eigenvalue weighted by molar-refractivity contribution is 5.91. The zero-order chi connectivity index (χ0) is 15.8. The van der Waals surface area contributed by atoms with E-state index >= 15 is 0 Å². The first kappa shape index (κ1) is 17.3. The Morgan fingerprint density at radius 2 is 1.90 bits per heavy atom. The van der Waals surface area contributed by atoms with E-state index in [1.54, 1.807) is 7.11 Å².